The highest BCUT2D eigenvalue weighted by Crippen LogP contribution is 2.39. The molecule has 0 heterocycles. The van der Waals surface area contributed by atoms with E-state index in [0.29, 0.717) is 17.1 Å². The van der Waals surface area contributed by atoms with Crippen LogP contribution in [-0.4, -0.2) is 25.2 Å². The van der Waals surface area contributed by atoms with Crippen molar-refractivity contribution in [3.05, 3.63) is 60.2 Å². The standard InChI is InChI=1S/C20H19N5O5S/c1-12-9-13(21)3-8-16(12)23-25-18-10-19(30-2)17(11-20(18)31(27,28)29)24-22-14-4-6-15(26)7-5-14/h3-11,26H,21H2,1-2H3,(H,27,28,29). The maximum Gasteiger partial charge on any atom is 0.296 e. The van der Waals surface area contributed by atoms with Crippen molar-refractivity contribution in [1.82, 2.24) is 0 Å². The predicted octanol–water partition coefficient (Wildman–Crippen LogP) is 5.37. The molecule has 31 heavy (non-hydrogen) atoms. The first kappa shape index (κ1) is 21.9. The predicted molar refractivity (Wildman–Crippen MR) is 115 cm³/mol. The van der Waals surface area contributed by atoms with Crippen LogP contribution in [0.4, 0.5) is 28.4 Å². The number of phenols is 1. The molecule has 0 saturated carbocycles. The van der Waals surface area contributed by atoms with E-state index < -0.39 is 15.0 Å². The molecule has 4 N–H and O–H groups in total. The maximum absolute atomic E-state index is 11.9. The molecule has 3 rings (SSSR count). The molecule has 0 amide bonds. The number of benzene rings is 3. The van der Waals surface area contributed by atoms with Gasteiger partial charge in [-0.3, -0.25) is 4.55 Å². The van der Waals surface area contributed by atoms with Crippen molar-refractivity contribution < 1.29 is 22.8 Å². The van der Waals surface area contributed by atoms with Gasteiger partial charge in [-0.05, 0) is 61.0 Å². The Kier molecular flexibility index (Phi) is 6.28. The van der Waals surface area contributed by atoms with Gasteiger partial charge in [0.2, 0.25) is 0 Å². The Bertz CT molecular complexity index is 1270. The Balaban J connectivity index is 2.05. The topological polar surface area (TPSA) is 159 Å². The van der Waals surface area contributed by atoms with Crippen molar-refractivity contribution in [1.29, 1.82) is 0 Å². The Morgan fingerprint density at radius 2 is 1.52 bits per heavy atom. The second kappa shape index (κ2) is 8.90. The fourth-order valence-corrected chi connectivity index (χ4v) is 3.22. The van der Waals surface area contributed by atoms with Gasteiger partial charge in [-0.1, -0.05) is 0 Å². The Morgan fingerprint density at radius 1 is 0.871 bits per heavy atom. The molecule has 0 aliphatic heterocycles. The van der Waals surface area contributed by atoms with Crippen LogP contribution < -0.4 is 10.5 Å². The zero-order valence-electron chi connectivity index (χ0n) is 16.6. The lowest BCUT2D eigenvalue weighted by Gasteiger charge is -2.08. The summed E-state index contributed by atoms with van der Waals surface area (Å²) in [7, 11) is -3.29. The molecule has 0 aliphatic carbocycles. The molecule has 0 atom stereocenters. The summed E-state index contributed by atoms with van der Waals surface area (Å²) in [6.45, 7) is 1.78. The number of rotatable bonds is 6. The van der Waals surface area contributed by atoms with Crippen molar-refractivity contribution in [2.75, 3.05) is 12.8 Å². The lowest BCUT2D eigenvalue weighted by Crippen LogP contribution is -1.99. The minimum atomic E-state index is -4.65. The van der Waals surface area contributed by atoms with Gasteiger partial charge in [0, 0.05) is 11.8 Å². The number of nitrogens with zero attached hydrogens (tertiary/aromatic N) is 4. The smallest absolute Gasteiger partial charge is 0.296 e. The van der Waals surface area contributed by atoms with Gasteiger partial charge in [0.1, 0.15) is 27.8 Å². The van der Waals surface area contributed by atoms with Gasteiger partial charge in [-0.25, -0.2) is 0 Å². The molecule has 0 fully saturated rings. The van der Waals surface area contributed by atoms with E-state index in [-0.39, 0.29) is 22.9 Å². The van der Waals surface area contributed by atoms with E-state index >= 15 is 0 Å². The summed E-state index contributed by atoms with van der Waals surface area (Å²) in [6, 6.07) is 13.2. The van der Waals surface area contributed by atoms with E-state index in [9.17, 15) is 18.1 Å². The Hall–Kier alpha value is -3.83. The van der Waals surface area contributed by atoms with Crippen molar-refractivity contribution in [2.45, 2.75) is 11.8 Å². The first-order valence-electron chi connectivity index (χ1n) is 8.85. The fraction of sp³-hybridized carbons (Fsp3) is 0.100. The molecular formula is C20H19N5O5S. The quantitative estimate of drug-likeness (QED) is 0.265. The summed E-state index contributed by atoms with van der Waals surface area (Å²) in [4.78, 5) is -0.509. The highest BCUT2D eigenvalue weighted by molar-refractivity contribution is 7.86. The molecule has 0 saturated heterocycles. The lowest BCUT2D eigenvalue weighted by molar-refractivity contribution is 0.415. The number of nitrogens with two attached hydrogens (primary N) is 1. The molecule has 0 radical (unpaired) electrons. The summed E-state index contributed by atoms with van der Waals surface area (Å²) in [5.74, 6) is 0.231. The minimum Gasteiger partial charge on any atom is -0.508 e. The van der Waals surface area contributed by atoms with Crippen LogP contribution in [0.2, 0.25) is 0 Å². The number of phenolic OH excluding ortho intramolecular Hbond substituents is 1. The van der Waals surface area contributed by atoms with Crippen molar-refractivity contribution in [3.63, 3.8) is 0 Å². The molecule has 0 spiro atoms. The van der Waals surface area contributed by atoms with Gasteiger partial charge in [0.25, 0.3) is 10.1 Å². The van der Waals surface area contributed by atoms with Gasteiger partial charge in [-0.2, -0.15) is 18.6 Å². The number of aryl methyl sites for hydroxylation is 1. The number of methoxy groups -OCH3 is 1. The minimum absolute atomic E-state index is 0.0471. The average Bonchev–Trinajstić information content (AvgIpc) is 2.72. The summed E-state index contributed by atoms with van der Waals surface area (Å²) in [5.41, 5.74) is 7.81. The van der Waals surface area contributed by atoms with E-state index in [1.54, 1.807) is 25.1 Å². The number of hydrogen-bond donors (Lipinski definition) is 3. The van der Waals surface area contributed by atoms with Gasteiger partial charge in [0.05, 0.1) is 18.5 Å². The van der Waals surface area contributed by atoms with E-state index in [2.05, 4.69) is 20.5 Å². The van der Waals surface area contributed by atoms with Crippen LogP contribution in [0.5, 0.6) is 11.5 Å². The fourth-order valence-electron chi connectivity index (χ4n) is 2.59. The Morgan fingerprint density at radius 3 is 2.13 bits per heavy atom. The third kappa shape index (κ3) is 5.41. The average molecular weight is 441 g/mol. The van der Waals surface area contributed by atoms with Crippen LogP contribution >= 0.6 is 0 Å². The molecule has 10 nitrogen and oxygen atoms in total. The third-order valence-electron chi connectivity index (χ3n) is 4.15. The van der Waals surface area contributed by atoms with Crippen molar-refractivity contribution in [2.24, 2.45) is 20.5 Å². The van der Waals surface area contributed by atoms with Crippen LogP contribution in [0.25, 0.3) is 0 Å². The number of nitrogen functional groups attached to an aromatic ring is 1. The van der Waals surface area contributed by atoms with E-state index in [4.69, 9.17) is 10.5 Å². The van der Waals surface area contributed by atoms with Gasteiger partial charge < -0.3 is 15.6 Å². The Labute approximate surface area is 178 Å². The lowest BCUT2D eigenvalue weighted by atomic mass is 10.2. The maximum atomic E-state index is 11.9. The van der Waals surface area contributed by atoms with Gasteiger partial charge >= 0.3 is 0 Å². The summed E-state index contributed by atoms with van der Waals surface area (Å²) >= 11 is 0. The van der Waals surface area contributed by atoms with Gasteiger partial charge in [0.15, 0.2) is 0 Å². The molecular weight excluding hydrogens is 422 g/mol. The zero-order valence-corrected chi connectivity index (χ0v) is 17.4. The molecule has 3 aromatic carbocycles. The highest BCUT2D eigenvalue weighted by atomic mass is 32.2. The summed E-state index contributed by atoms with van der Waals surface area (Å²) < 4.78 is 38.8. The largest absolute Gasteiger partial charge is 0.508 e. The van der Waals surface area contributed by atoms with Crippen LogP contribution in [0.1, 0.15) is 5.56 Å². The number of aromatic hydroxyl groups is 1. The molecule has 11 heteroatoms. The number of azo groups is 2. The summed E-state index contributed by atoms with van der Waals surface area (Å²) in [6.07, 6.45) is 0. The molecule has 0 unspecified atom stereocenters. The SMILES string of the molecule is COc1cc(N=Nc2ccc(N)cc2C)c(S(=O)(=O)O)cc1N=Nc1ccc(O)cc1. The highest BCUT2D eigenvalue weighted by Gasteiger charge is 2.20. The van der Waals surface area contributed by atoms with Crippen LogP contribution in [-0.2, 0) is 10.1 Å². The molecule has 3 aromatic rings. The second-order valence-corrected chi connectivity index (χ2v) is 7.82. The molecule has 0 aliphatic rings. The van der Waals surface area contributed by atoms with Crippen molar-refractivity contribution in [3.8, 4) is 11.5 Å². The zero-order chi connectivity index (χ0) is 22.6. The van der Waals surface area contributed by atoms with E-state index in [1.807, 2.05) is 0 Å². The first-order chi connectivity index (χ1) is 14.7. The number of hydrogen-bond acceptors (Lipinski definition) is 9. The number of ether oxygens (including phenoxy) is 1. The van der Waals surface area contributed by atoms with E-state index in [1.165, 1.54) is 37.4 Å². The van der Waals surface area contributed by atoms with Crippen LogP contribution in [0, 0.1) is 6.92 Å². The van der Waals surface area contributed by atoms with Crippen molar-refractivity contribution >= 4 is 38.6 Å². The molecule has 0 bridgehead atoms. The molecule has 0 aromatic heterocycles. The van der Waals surface area contributed by atoms with Crippen LogP contribution in [0.15, 0.2) is 79.9 Å². The van der Waals surface area contributed by atoms with E-state index in [0.717, 1.165) is 11.6 Å². The van der Waals surface area contributed by atoms with Gasteiger partial charge in [-0.15, -0.1) is 10.2 Å². The molecule has 160 valence electrons. The monoisotopic (exact) mass is 441 g/mol. The number of anilines is 1. The summed E-state index contributed by atoms with van der Waals surface area (Å²) in [5, 5.41) is 25.3. The first-order valence-corrected chi connectivity index (χ1v) is 10.3. The second-order valence-electron chi connectivity index (χ2n) is 6.43. The van der Waals surface area contributed by atoms with Crippen LogP contribution in [0.3, 0.4) is 0 Å². The normalized spacial score (nSPS) is 12.0. The third-order valence-corrected chi connectivity index (χ3v) is 5.03.